The number of hydrogen-bond acceptors (Lipinski definition) is 2. The molecule has 0 aromatic heterocycles. The lowest BCUT2D eigenvalue weighted by atomic mass is 10.2. The molecule has 0 saturated heterocycles. The lowest BCUT2D eigenvalue weighted by Crippen LogP contribution is -2.02. The van der Waals surface area contributed by atoms with E-state index in [-0.39, 0.29) is 5.75 Å². The Morgan fingerprint density at radius 2 is 1.44 bits per heavy atom. The zero-order chi connectivity index (χ0) is 15.0. The highest BCUT2D eigenvalue weighted by atomic mass is 32.2. The predicted molar refractivity (Wildman–Crippen MR) is 81.7 cm³/mol. The van der Waals surface area contributed by atoms with Crippen LogP contribution in [0.15, 0.2) is 0 Å². The second-order valence-electron chi connectivity index (χ2n) is 4.03. The molecule has 0 bridgehead atoms. The van der Waals surface area contributed by atoms with Crippen LogP contribution >= 0.6 is 0 Å². The Bertz CT molecular complexity index is 217. The van der Waals surface area contributed by atoms with Crippen molar-refractivity contribution in [3.05, 3.63) is 0 Å². The fraction of sp³-hybridized carbons (Fsp3) is 1.00. The van der Waals surface area contributed by atoms with E-state index in [1.165, 1.54) is 25.7 Å². The average Bonchev–Trinajstić information content (AvgIpc) is 2.83. The van der Waals surface area contributed by atoms with E-state index in [9.17, 15) is 8.42 Å². The summed E-state index contributed by atoms with van der Waals surface area (Å²) in [5.41, 5.74) is 0. The van der Waals surface area contributed by atoms with Crippen molar-refractivity contribution >= 4 is 10.1 Å². The van der Waals surface area contributed by atoms with Gasteiger partial charge in [0.15, 0.2) is 0 Å². The van der Waals surface area contributed by atoms with Crippen molar-refractivity contribution in [2.45, 2.75) is 80.1 Å². The summed E-state index contributed by atoms with van der Waals surface area (Å²) in [5, 5.41) is 0. The summed E-state index contributed by atoms with van der Waals surface area (Å²) < 4.78 is 28.0. The molecule has 1 aliphatic rings. The van der Waals surface area contributed by atoms with E-state index in [1.807, 2.05) is 34.6 Å². The molecule has 18 heavy (non-hydrogen) atoms. The molecule has 0 aromatic carbocycles. The van der Waals surface area contributed by atoms with Crippen LogP contribution in [0.5, 0.6) is 0 Å². The first-order valence-electron chi connectivity index (χ1n) is 7.41. The van der Waals surface area contributed by atoms with Gasteiger partial charge in [0.2, 0.25) is 0 Å². The van der Waals surface area contributed by atoms with Gasteiger partial charge in [-0.15, -0.1) is 0 Å². The van der Waals surface area contributed by atoms with E-state index in [4.69, 9.17) is 4.55 Å². The summed E-state index contributed by atoms with van der Waals surface area (Å²) >= 11 is 0. The van der Waals surface area contributed by atoms with E-state index in [2.05, 4.69) is 6.92 Å². The monoisotopic (exact) mass is 282 g/mol. The second kappa shape index (κ2) is 16.9. The fourth-order valence-corrected chi connectivity index (χ4v) is 2.11. The predicted octanol–water partition coefficient (Wildman–Crippen LogP) is 4.92. The van der Waals surface area contributed by atoms with Gasteiger partial charge in [-0.1, -0.05) is 73.6 Å². The minimum atomic E-state index is -3.69. The van der Waals surface area contributed by atoms with Crippen LogP contribution in [0.2, 0.25) is 0 Å². The van der Waals surface area contributed by atoms with E-state index < -0.39 is 10.1 Å². The zero-order valence-electron chi connectivity index (χ0n) is 13.2. The summed E-state index contributed by atoms with van der Waals surface area (Å²) in [6.45, 7) is 12.2. The first kappa shape index (κ1) is 23.0. The molecule has 0 aromatic rings. The molecule has 114 valence electrons. The van der Waals surface area contributed by atoms with Crippen molar-refractivity contribution in [3.8, 4) is 0 Å². The summed E-state index contributed by atoms with van der Waals surface area (Å²) in [6, 6.07) is 0. The Kier molecular flexibility index (Phi) is 21.6. The summed E-state index contributed by atoms with van der Waals surface area (Å²) in [7, 11) is -3.69. The van der Waals surface area contributed by atoms with Crippen molar-refractivity contribution in [2.75, 3.05) is 5.75 Å². The van der Waals surface area contributed by atoms with Gasteiger partial charge in [-0.3, -0.25) is 4.55 Å². The fourth-order valence-electron chi connectivity index (χ4n) is 1.46. The highest BCUT2D eigenvalue weighted by Gasteiger charge is 2.07. The van der Waals surface area contributed by atoms with Crippen LogP contribution < -0.4 is 0 Å². The highest BCUT2D eigenvalue weighted by molar-refractivity contribution is 7.85. The first-order chi connectivity index (χ1) is 8.45. The van der Waals surface area contributed by atoms with Gasteiger partial charge in [-0.25, -0.2) is 0 Å². The Balaban J connectivity index is -0.000000199. The van der Waals surface area contributed by atoms with Crippen LogP contribution in [0.3, 0.4) is 0 Å². The van der Waals surface area contributed by atoms with Gasteiger partial charge in [0.05, 0.1) is 5.75 Å². The number of hydrogen-bond donors (Lipinski definition) is 1. The molecule has 1 fully saturated rings. The molecule has 0 heterocycles. The van der Waals surface area contributed by atoms with Gasteiger partial charge >= 0.3 is 0 Å². The van der Waals surface area contributed by atoms with Crippen molar-refractivity contribution < 1.29 is 13.0 Å². The minimum absolute atomic E-state index is 0.108. The molecule has 0 radical (unpaired) electrons. The maximum Gasteiger partial charge on any atom is 0.264 e. The van der Waals surface area contributed by atoms with Crippen LogP contribution in [0, 0.1) is 5.92 Å². The zero-order valence-corrected chi connectivity index (χ0v) is 14.0. The minimum Gasteiger partial charge on any atom is -0.286 e. The third kappa shape index (κ3) is 24.9. The van der Waals surface area contributed by atoms with E-state index in [1.54, 1.807) is 0 Å². The van der Waals surface area contributed by atoms with Crippen molar-refractivity contribution in [3.63, 3.8) is 0 Å². The highest BCUT2D eigenvalue weighted by Crippen LogP contribution is 2.22. The molecule has 1 N–H and O–H groups in total. The summed E-state index contributed by atoms with van der Waals surface area (Å²) in [4.78, 5) is 0. The van der Waals surface area contributed by atoms with Crippen molar-refractivity contribution in [1.82, 2.24) is 0 Å². The molecule has 1 saturated carbocycles. The van der Waals surface area contributed by atoms with Gasteiger partial charge in [0, 0.05) is 0 Å². The Morgan fingerprint density at radius 3 is 1.56 bits per heavy atom. The van der Waals surface area contributed by atoms with Crippen LogP contribution in [-0.2, 0) is 10.1 Å². The number of unbranched alkanes of at least 4 members (excludes halogenated alkanes) is 1. The summed E-state index contributed by atoms with van der Waals surface area (Å²) in [6.07, 6.45) is 7.28. The molecule has 1 rings (SSSR count). The molecule has 0 spiro atoms. The summed E-state index contributed by atoms with van der Waals surface area (Å²) in [5.74, 6) is 0.939. The second-order valence-corrected chi connectivity index (χ2v) is 5.60. The number of rotatable bonds is 3. The largest absolute Gasteiger partial charge is 0.286 e. The maximum atomic E-state index is 9.95. The molecular weight excluding hydrogens is 248 g/mol. The first-order valence-corrected chi connectivity index (χ1v) is 9.01. The SMILES string of the molecule is CC.CC.CC1CCCC1.CCCCS(=O)(=O)O. The van der Waals surface area contributed by atoms with Gasteiger partial charge < -0.3 is 0 Å². The molecular formula is C14H34O3S. The van der Waals surface area contributed by atoms with E-state index >= 15 is 0 Å². The van der Waals surface area contributed by atoms with Crippen LogP contribution in [0.4, 0.5) is 0 Å². The van der Waals surface area contributed by atoms with Gasteiger partial charge in [0.1, 0.15) is 0 Å². The maximum absolute atomic E-state index is 9.95. The van der Waals surface area contributed by atoms with Gasteiger partial charge in [-0.05, 0) is 12.3 Å². The van der Waals surface area contributed by atoms with Crippen molar-refractivity contribution in [2.24, 2.45) is 5.92 Å². The topological polar surface area (TPSA) is 54.4 Å². The quantitative estimate of drug-likeness (QED) is 0.747. The standard InChI is InChI=1S/C6H12.C4H10O3S.2C2H6/c1-6-4-2-3-5-6;1-2-3-4-8(5,6)7;2*1-2/h6H,2-5H2,1H3;2-4H2,1H3,(H,5,6,7);2*1-2H3. The Labute approximate surface area is 115 Å². The molecule has 1 aliphatic carbocycles. The Hall–Kier alpha value is -0.0900. The van der Waals surface area contributed by atoms with Crippen molar-refractivity contribution in [1.29, 1.82) is 0 Å². The van der Waals surface area contributed by atoms with Gasteiger partial charge in [-0.2, -0.15) is 8.42 Å². The molecule has 4 heteroatoms. The van der Waals surface area contributed by atoms with E-state index in [0.717, 1.165) is 12.3 Å². The lowest BCUT2D eigenvalue weighted by Gasteiger charge is -1.91. The normalized spacial score (nSPS) is 14.4. The van der Waals surface area contributed by atoms with Crippen LogP contribution in [0.1, 0.15) is 80.1 Å². The van der Waals surface area contributed by atoms with E-state index in [0.29, 0.717) is 6.42 Å². The molecule has 0 unspecified atom stereocenters. The molecule has 0 atom stereocenters. The smallest absolute Gasteiger partial charge is 0.264 e. The van der Waals surface area contributed by atoms with Crippen LogP contribution in [0.25, 0.3) is 0 Å². The average molecular weight is 282 g/mol. The Morgan fingerprint density at radius 1 is 1.06 bits per heavy atom. The molecule has 0 amide bonds. The third-order valence-corrected chi connectivity index (χ3v) is 3.20. The van der Waals surface area contributed by atoms with Gasteiger partial charge in [0.25, 0.3) is 10.1 Å². The lowest BCUT2D eigenvalue weighted by molar-refractivity contribution is 0.480. The third-order valence-electron chi connectivity index (χ3n) is 2.40. The molecule has 3 nitrogen and oxygen atoms in total. The molecule has 0 aliphatic heterocycles. The van der Waals surface area contributed by atoms with Crippen LogP contribution in [-0.4, -0.2) is 18.7 Å².